The van der Waals surface area contributed by atoms with Crippen LogP contribution < -0.4 is 5.32 Å². The highest BCUT2D eigenvalue weighted by molar-refractivity contribution is 7.91. The second kappa shape index (κ2) is 9.22. The van der Waals surface area contributed by atoms with E-state index in [1.807, 2.05) is 32.0 Å². The van der Waals surface area contributed by atoms with E-state index >= 15 is 0 Å². The average Bonchev–Trinajstić information content (AvgIpc) is 2.66. The first-order valence-corrected chi connectivity index (χ1v) is 11.2. The van der Waals surface area contributed by atoms with Crippen molar-refractivity contribution < 1.29 is 13.2 Å². The SMILES string of the molecule is CCC(CC)(NC(=O)CS(=O)(=O)Cc1ccc(C#N)cc1)c1ccc(Cl)cc1. The molecule has 0 unspecified atom stereocenters. The fourth-order valence-electron chi connectivity index (χ4n) is 3.16. The van der Waals surface area contributed by atoms with Gasteiger partial charge in [-0.3, -0.25) is 4.79 Å². The maximum Gasteiger partial charge on any atom is 0.235 e. The molecular weight excluding hydrogens is 396 g/mol. The van der Waals surface area contributed by atoms with E-state index in [1.54, 1.807) is 36.4 Å². The molecule has 0 aliphatic carbocycles. The first kappa shape index (κ1) is 21.9. The van der Waals surface area contributed by atoms with Gasteiger partial charge in [0.15, 0.2) is 9.84 Å². The maximum absolute atomic E-state index is 12.6. The quantitative estimate of drug-likeness (QED) is 0.702. The molecule has 7 heteroatoms. The van der Waals surface area contributed by atoms with Gasteiger partial charge in [0.1, 0.15) is 5.75 Å². The monoisotopic (exact) mass is 418 g/mol. The Bertz CT molecular complexity index is 958. The van der Waals surface area contributed by atoms with Crippen molar-refractivity contribution in [2.45, 2.75) is 38.0 Å². The van der Waals surface area contributed by atoms with E-state index in [1.165, 1.54) is 0 Å². The first-order chi connectivity index (χ1) is 13.2. The van der Waals surface area contributed by atoms with Gasteiger partial charge < -0.3 is 5.32 Å². The molecule has 0 saturated carbocycles. The van der Waals surface area contributed by atoms with E-state index in [0.29, 0.717) is 29.0 Å². The lowest BCUT2D eigenvalue weighted by atomic mass is 9.84. The minimum atomic E-state index is -3.65. The number of amides is 1. The average molecular weight is 419 g/mol. The molecule has 0 radical (unpaired) electrons. The third kappa shape index (κ3) is 5.57. The Morgan fingerprint density at radius 1 is 1.07 bits per heavy atom. The number of benzene rings is 2. The van der Waals surface area contributed by atoms with E-state index in [0.717, 1.165) is 5.56 Å². The van der Waals surface area contributed by atoms with Crippen molar-refractivity contribution in [3.8, 4) is 6.07 Å². The second-order valence-electron chi connectivity index (χ2n) is 6.69. The Morgan fingerprint density at radius 2 is 1.64 bits per heavy atom. The van der Waals surface area contributed by atoms with Crippen LogP contribution >= 0.6 is 11.6 Å². The molecule has 148 valence electrons. The number of nitrogens with one attached hydrogen (secondary N) is 1. The van der Waals surface area contributed by atoms with E-state index in [-0.39, 0.29) is 5.75 Å². The number of halogens is 1. The van der Waals surface area contributed by atoms with Crippen LogP contribution in [0.15, 0.2) is 48.5 Å². The fraction of sp³-hybridized carbons (Fsp3) is 0.333. The summed E-state index contributed by atoms with van der Waals surface area (Å²) in [6.07, 6.45) is 1.24. The van der Waals surface area contributed by atoms with Crippen LogP contribution in [0, 0.1) is 11.3 Å². The highest BCUT2D eigenvalue weighted by atomic mass is 35.5. The van der Waals surface area contributed by atoms with Crippen molar-refractivity contribution in [3.63, 3.8) is 0 Å². The predicted octanol–water partition coefficient (Wildman–Crippen LogP) is 3.96. The van der Waals surface area contributed by atoms with Crippen LogP contribution in [0.3, 0.4) is 0 Å². The number of hydrogen-bond donors (Lipinski definition) is 1. The van der Waals surface area contributed by atoms with Crippen molar-refractivity contribution in [2.24, 2.45) is 0 Å². The number of carbonyl (C=O) groups is 1. The van der Waals surface area contributed by atoms with Gasteiger partial charge in [-0.1, -0.05) is 49.7 Å². The highest BCUT2D eigenvalue weighted by Gasteiger charge is 2.31. The smallest absolute Gasteiger partial charge is 0.235 e. The normalized spacial score (nSPS) is 11.6. The third-order valence-electron chi connectivity index (χ3n) is 4.80. The summed E-state index contributed by atoms with van der Waals surface area (Å²) in [5.41, 5.74) is 1.24. The molecule has 0 aliphatic rings. The molecule has 2 aromatic rings. The number of nitriles is 1. The predicted molar refractivity (Wildman–Crippen MR) is 111 cm³/mol. The van der Waals surface area contributed by atoms with Gasteiger partial charge in [0.05, 0.1) is 22.9 Å². The van der Waals surface area contributed by atoms with Crippen LogP contribution in [-0.2, 0) is 25.9 Å². The van der Waals surface area contributed by atoms with Crippen LogP contribution in [0.2, 0.25) is 5.02 Å². The van der Waals surface area contributed by atoms with Crippen LogP contribution in [-0.4, -0.2) is 20.1 Å². The summed E-state index contributed by atoms with van der Waals surface area (Å²) in [6, 6.07) is 15.5. The van der Waals surface area contributed by atoms with Crippen molar-refractivity contribution in [2.75, 3.05) is 5.75 Å². The molecule has 0 spiro atoms. The van der Waals surface area contributed by atoms with Gasteiger partial charge in [-0.2, -0.15) is 5.26 Å². The Balaban J connectivity index is 2.12. The molecule has 2 aromatic carbocycles. The number of carbonyl (C=O) groups excluding carboxylic acids is 1. The Labute approximate surface area is 171 Å². The largest absolute Gasteiger partial charge is 0.346 e. The first-order valence-electron chi connectivity index (χ1n) is 9.00. The van der Waals surface area contributed by atoms with Gasteiger partial charge in [0, 0.05) is 5.02 Å². The van der Waals surface area contributed by atoms with Gasteiger partial charge >= 0.3 is 0 Å². The minimum Gasteiger partial charge on any atom is -0.346 e. The number of hydrogen-bond acceptors (Lipinski definition) is 4. The van der Waals surface area contributed by atoms with Crippen LogP contribution in [0.1, 0.15) is 43.4 Å². The summed E-state index contributed by atoms with van der Waals surface area (Å²) in [7, 11) is -3.65. The van der Waals surface area contributed by atoms with Gasteiger partial charge in [0.2, 0.25) is 5.91 Å². The zero-order valence-corrected chi connectivity index (χ0v) is 17.5. The molecule has 1 amide bonds. The lowest BCUT2D eigenvalue weighted by Crippen LogP contribution is -2.47. The molecule has 28 heavy (non-hydrogen) atoms. The van der Waals surface area contributed by atoms with Gasteiger partial charge in [-0.05, 0) is 48.2 Å². The van der Waals surface area contributed by atoms with Crippen LogP contribution in [0.4, 0.5) is 0 Å². The number of nitrogens with zero attached hydrogens (tertiary/aromatic N) is 1. The summed E-state index contributed by atoms with van der Waals surface area (Å²) in [5, 5.41) is 12.3. The maximum atomic E-state index is 12.6. The van der Waals surface area contributed by atoms with Crippen molar-refractivity contribution in [1.29, 1.82) is 5.26 Å². The fourth-order valence-corrected chi connectivity index (χ4v) is 4.56. The topological polar surface area (TPSA) is 87.0 Å². The zero-order chi connectivity index (χ0) is 20.8. The van der Waals surface area contributed by atoms with E-state index < -0.39 is 27.0 Å². The van der Waals surface area contributed by atoms with Gasteiger partial charge in [0.25, 0.3) is 0 Å². The summed E-state index contributed by atoms with van der Waals surface area (Å²) in [4.78, 5) is 12.6. The van der Waals surface area contributed by atoms with E-state index in [9.17, 15) is 13.2 Å². The lowest BCUT2D eigenvalue weighted by molar-refractivity contribution is -0.120. The van der Waals surface area contributed by atoms with E-state index in [4.69, 9.17) is 16.9 Å². The standard InChI is InChI=1S/C21H23ClN2O3S/c1-3-21(4-2,18-9-11-19(22)12-10-18)24-20(25)15-28(26,27)14-17-7-5-16(13-23)6-8-17/h5-12H,3-4,14-15H2,1-2H3,(H,24,25). The van der Waals surface area contributed by atoms with Crippen molar-refractivity contribution in [1.82, 2.24) is 5.32 Å². The van der Waals surface area contributed by atoms with Crippen LogP contribution in [0.5, 0.6) is 0 Å². The van der Waals surface area contributed by atoms with Crippen molar-refractivity contribution in [3.05, 3.63) is 70.2 Å². The minimum absolute atomic E-state index is 0.252. The molecule has 0 aliphatic heterocycles. The Kier molecular flexibility index (Phi) is 7.22. The molecule has 0 heterocycles. The van der Waals surface area contributed by atoms with Crippen LogP contribution in [0.25, 0.3) is 0 Å². The second-order valence-corrected chi connectivity index (χ2v) is 9.19. The summed E-state index contributed by atoms with van der Waals surface area (Å²) in [5.74, 6) is -1.38. The zero-order valence-electron chi connectivity index (χ0n) is 15.9. The van der Waals surface area contributed by atoms with Gasteiger partial charge in [-0.15, -0.1) is 0 Å². The van der Waals surface area contributed by atoms with E-state index in [2.05, 4.69) is 5.32 Å². The summed E-state index contributed by atoms with van der Waals surface area (Å²) < 4.78 is 24.9. The molecule has 0 saturated heterocycles. The third-order valence-corrected chi connectivity index (χ3v) is 6.53. The molecule has 5 nitrogen and oxygen atoms in total. The van der Waals surface area contributed by atoms with Crippen molar-refractivity contribution >= 4 is 27.3 Å². The molecule has 2 rings (SSSR count). The molecule has 0 fully saturated rings. The summed E-state index contributed by atoms with van der Waals surface area (Å²) in [6.45, 7) is 3.90. The molecule has 0 aromatic heterocycles. The Hall–Kier alpha value is -2.36. The summed E-state index contributed by atoms with van der Waals surface area (Å²) >= 11 is 5.95. The molecule has 0 bridgehead atoms. The lowest BCUT2D eigenvalue weighted by Gasteiger charge is -2.33. The van der Waals surface area contributed by atoms with Gasteiger partial charge in [-0.25, -0.2) is 8.42 Å². The number of sulfone groups is 1. The molecule has 0 atom stereocenters. The highest BCUT2D eigenvalue weighted by Crippen LogP contribution is 2.29. The molecule has 1 N–H and O–H groups in total. The number of rotatable bonds is 8. The Morgan fingerprint density at radius 3 is 2.14 bits per heavy atom. The molecular formula is C21H23ClN2O3S.